The summed E-state index contributed by atoms with van der Waals surface area (Å²) in [6.45, 7) is 9.56. The normalized spacial score (nSPS) is 14.1. The van der Waals surface area contributed by atoms with Crippen molar-refractivity contribution in [3.8, 4) is 0 Å². The van der Waals surface area contributed by atoms with E-state index >= 15 is 0 Å². The molecule has 26 heavy (non-hydrogen) atoms. The number of ether oxygens (including phenoxy) is 1. The molecule has 5 heteroatoms. The van der Waals surface area contributed by atoms with Crippen LogP contribution in [0.3, 0.4) is 0 Å². The summed E-state index contributed by atoms with van der Waals surface area (Å²) in [6, 6.07) is 10.7. The highest BCUT2D eigenvalue weighted by molar-refractivity contribution is 5.50. The Hall–Kier alpha value is -2.40. The first-order valence-corrected chi connectivity index (χ1v) is 9.06. The van der Waals surface area contributed by atoms with E-state index in [-0.39, 0.29) is 5.41 Å². The van der Waals surface area contributed by atoms with Crippen molar-refractivity contribution in [3.05, 3.63) is 59.6 Å². The van der Waals surface area contributed by atoms with Gasteiger partial charge in [0.25, 0.3) is 0 Å². The maximum Gasteiger partial charge on any atom is 0.136 e. The van der Waals surface area contributed by atoms with Crippen LogP contribution in [0, 0.1) is 0 Å². The lowest BCUT2D eigenvalue weighted by Crippen LogP contribution is -2.19. The number of anilines is 2. The standard InChI is InChI=1S/C21H28N4O/c1-21(2,3)20-23-17(15-26-4)13-19(24-20)22-14-16-7-9-18(10-8-16)25-11-5-6-12-25/h5-10,13H,11-12,14-15H2,1-4H3,(H,22,23,24). The lowest BCUT2D eigenvalue weighted by molar-refractivity contribution is 0.181. The molecule has 5 nitrogen and oxygen atoms in total. The number of benzene rings is 1. The van der Waals surface area contributed by atoms with Crippen molar-refractivity contribution in [3.63, 3.8) is 0 Å². The number of rotatable bonds is 6. The van der Waals surface area contributed by atoms with Crippen LogP contribution < -0.4 is 10.2 Å². The lowest BCUT2D eigenvalue weighted by Gasteiger charge is -2.19. The first-order chi connectivity index (χ1) is 12.5. The fourth-order valence-corrected chi connectivity index (χ4v) is 2.85. The first-order valence-electron chi connectivity index (χ1n) is 9.06. The van der Waals surface area contributed by atoms with Gasteiger partial charge in [-0.05, 0) is 17.7 Å². The maximum atomic E-state index is 5.25. The predicted molar refractivity (Wildman–Crippen MR) is 107 cm³/mol. The van der Waals surface area contributed by atoms with E-state index in [1.807, 2.05) is 6.07 Å². The highest BCUT2D eigenvalue weighted by atomic mass is 16.5. The van der Waals surface area contributed by atoms with Crippen molar-refractivity contribution >= 4 is 11.5 Å². The SMILES string of the molecule is COCc1cc(NCc2ccc(N3CC=CC3)cc2)nc(C(C)(C)C)n1. The topological polar surface area (TPSA) is 50.3 Å². The molecule has 138 valence electrons. The zero-order chi connectivity index (χ0) is 18.6. The third kappa shape index (κ3) is 4.61. The molecular weight excluding hydrogens is 324 g/mol. The van der Waals surface area contributed by atoms with Gasteiger partial charge in [0.15, 0.2) is 0 Å². The van der Waals surface area contributed by atoms with Gasteiger partial charge >= 0.3 is 0 Å². The van der Waals surface area contributed by atoms with E-state index in [0.29, 0.717) is 6.61 Å². The molecule has 3 rings (SSSR count). The second-order valence-electron chi connectivity index (χ2n) is 7.65. The second-order valence-corrected chi connectivity index (χ2v) is 7.65. The Morgan fingerprint density at radius 3 is 2.38 bits per heavy atom. The fourth-order valence-electron chi connectivity index (χ4n) is 2.85. The molecule has 0 saturated heterocycles. The molecule has 0 bridgehead atoms. The Kier molecular flexibility index (Phi) is 5.57. The van der Waals surface area contributed by atoms with Crippen LogP contribution >= 0.6 is 0 Å². The molecule has 1 aliphatic heterocycles. The number of nitrogens with one attached hydrogen (secondary N) is 1. The Morgan fingerprint density at radius 1 is 1.08 bits per heavy atom. The zero-order valence-corrected chi connectivity index (χ0v) is 16.1. The molecule has 1 N–H and O–H groups in total. The highest BCUT2D eigenvalue weighted by Gasteiger charge is 2.19. The van der Waals surface area contributed by atoms with Crippen LogP contribution in [-0.4, -0.2) is 30.2 Å². The number of nitrogens with zero attached hydrogens (tertiary/aromatic N) is 3. The Balaban J connectivity index is 1.69. The van der Waals surface area contributed by atoms with E-state index in [9.17, 15) is 0 Å². The summed E-state index contributed by atoms with van der Waals surface area (Å²) in [5, 5.41) is 3.43. The highest BCUT2D eigenvalue weighted by Crippen LogP contribution is 2.22. The van der Waals surface area contributed by atoms with Crippen LogP contribution in [0.2, 0.25) is 0 Å². The quantitative estimate of drug-likeness (QED) is 0.799. The van der Waals surface area contributed by atoms with Gasteiger partial charge in [0.05, 0.1) is 12.3 Å². The van der Waals surface area contributed by atoms with Gasteiger partial charge in [0, 0.05) is 43.9 Å². The summed E-state index contributed by atoms with van der Waals surface area (Å²) in [5.41, 5.74) is 3.28. The monoisotopic (exact) mass is 352 g/mol. The average Bonchev–Trinajstić information content (AvgIpc) is 3.14. The number of aromatic nitrogens is 2. The molecule has 0 spiro atoms. The Morgan fingerprint density at radius 2 is 1.77 bits per heavy atom. The molecule has 2 heterocycles. The van der Waals surface area contributed by atoms with E-state index in [1.54, 1.807) is 7.11 Å². The van der Waals surface area contributed by atoms with Gasteiger partial charge in [-0.1, -0.05) is 45.1 Å². The van der Waals surface area contributed by atoms with Crippen LogP contribution in [-0.2, 0) is 23.3 Å². The summed E-state index contributed by atoms with van der Waals surface area (Å²) in [5.74, 6) is 1.66. The second kappa shape index (κ2) is 7.87. The Bertz CT molecular complexity index is 755. The van der Waals surface area contributed by atoms with Crippen LogP contribution in [0.4, 0.5) is 11.5 Å². The fraction of sp³-hybridized carbons (Fsp3) is 0.429. The maximum absolute atomic E-state index is 5.25. The van der Waals surface area contributed by atoms with Gasteiger partial charge in [-0.25, -0.2) is 9.97 Å². The lowest BCUT2D eigenvalue weighted by atomic mass is 9.95. The van der Waals surface area contributed by atoms with Crippen LogP contribution in [0.1, 0.15) is 37.9 Å². The molecule has 0 atom stereocenters. The number of methoxy groups -OCH3 is 1. The molecular formula is C21H28N4O. The van der Waals surface area contributed by atoms with E-state index < -0.39 is 0 Å². The van der Waals surface area contributed by atoms with E-state index in [2.05, 4.69) is 77.4 Å². The largest absolute Gasteiger partial charge is 0.378 e. The molecule has 0 radical (unpaired) electrons. The summed E-state index contributed by atoms with van der Waals surface area (Å²) in [4.78, 5) is 11.6. The summed E-state index contributed by atoms with van der Waals surface area (Å²) in [6.07, 6.45) is 4.41. The zero-order valence-electron chi connectivity index (χ0n) is 16.1. The van der Waals surface area contributed by atoms with E-state index in [1.165, 1.54) is 11.3 Å². The van der Waals surface area contributed by atoms with Crippen LogP contribution in [0.15, 0.2) is 42.5 Å². The number of hydrogen-bond acceptors (Lipinski definition) is 5. The van der Waals surface area contributed by atoms with Crippen LogP contribution in [0.5, 0.6) is 0 Å². The van der Waals surface area contributed by atoms with Crippen molar-refractivity contribution < 1.29 is 4.74 Å². The Labute approximate surface area is 156 Å². The van der Waals surface area contributed by atoms with Crippen molar-refractivity contribution in [1.82, 2.24) is 9.97 Å². The predicted octanol–water partition coefficient (Wildman–Crippen LogP) is 3.91. The molecule has 1 aliphatic rings. The molecule has 2 aromatic rings. The van der Waals surface area contributed by atoms with Crippen molar-refractivity contribution in [2.75, 3.05) is 30.4 Å². The van der Waals surface area contributed by atoms with Gasteiger partial charge in [0.2, 0.25) is 0 Å². The van der Waals surface area contributed by atoms with Crippen molar-refractivity contribution in [2.45, 2.75) is 39.3 Å². The average molecular weight is 352 g/mol. The smallest absolute Gasteiger partial charge is 0.136 e. The first kappa shape index (κ1) is 18.4. The molecule has 0 fully saturated rings. The number of hydrogen-bond donors (Lipinski definition) is 1. The minimum atomic E-state index is -0.106. The van der Waals surface area contributed by atoms with Crippen LogP contribution in [0.25, 0.3) is 0 Å². The summed E-state index contributed by atoms with van der Waals surface area (Å²) >= 11 is 0. The minimum absolute atomic E-state index is 0.106. The summed E-state index contributed by atoms with van der Waals surface area (Å²) < 4.78 is 5.25. The van der Waals surface area contributed by atoms with Gasteiger partial charge in [-0.2, -0.15) is 0 Å². The molecule has 0 unspecified atom stereocenters. The third-order valence-corrected chi connectivity index (χ3v) is 4.34. The summed E-state index contributed by atoms with van der Waals surface area (Å²) in [7, 11) is 1.68. The van der Waals surface area contributed by atoms with Gasteiger partial charge in [-0.3, -0.25) is 0 Å². The molecule has 1 aromatic heterocycles. The van der Waals surface area contributed by atoms with Gasteiger partial charge in [0.1, 0.15) is 11.6 Å². The van der Waals surface area contributed by atoms with Gasteiger partial charge < -0.3 is 15.0 Å². The van der Waals surface area contributed by atoms with Gasteiger partial charge in [-0.15, -0.1) is 0 Å². The van der Waals surface area contributed by atoms with Crippen molar-refractivity contribution in [1.29, 1.82) is 0 Å². The molecule has 1 aromatic carbocycles. The van der Waals surface area contributed by atoms with E-state index in [4.69, 9.17) is 4.74 Å². The molecule has 0 aliphatic carbocycles. The van der Waals surface area contributed by atoms with E-state index in [0.717, 1.165) is 37.0 Å². The molecule has 0 amide bonds. The minimum Gasteiger partial charge on any atom is -0.378 e. The third-order valence-electron chi connectivity index (χ3n) is 4.34. The molecule has 0 saturated carbocycles. The van der Waals surface area contributed by atoms with Crippen molar-refractivity contribution in [2.24, 2.45) is 0 Å².